The van der Waals surface area contributed by atoms with Crippen molar-refractivity contribution in [2.45, 2.75) is 63.0 Å². The summed E-state index contributed by atoms with van der Waals surface area (Å²) in [6.07, 6.45) is 5.85. The average molecular weight is 413 g/mol. The number of carbonyl (C=O) groups is 1. The smallest absolute Gasteiger partial charge is 0.290 e. The highest BCUT2D eigenvalue weighted by Crippen LogP contribution is 2.26. The quantitative estimate of drug-likeness (QED) is 0.749. The number of hydrogen-bond acceptors (Lipinski definition) is 5. The van der Waals surface area contributed by atoms with Gasteiger partial charge in [0.05, 0.1) is 11.0 Å². The largest absolute Gasteiger partial charge is 0.491 e. The van der Waals surface area contributed by atoms with E-state index in [1.165, 1.54) is 32.4 Å². The van der Waals surface area contributed by atoms with Crippen LogP contribution in [0.1, 0.15) is 46.0 Å². The molecular weight excluding hydrogens is 380 g/mol. The highest BCUT2D eigenvalue weighted by atomic mass is 32.2. The van der Waals surface area contributed by atoms with Crippen LogP contribution in [0.15, 0.2) is 29.2 Å². The predicted octanol–water partition coefficient (Wildman–Crippen LogP) is 2.81. The van der Waals surface area contributed by atoms with Crippen molar-refractivity contribution in [3.8, 4) is 5.75 Å². The number of piperidine rings is 2. The summed E-state index contributed by atoms with van der Waals surface area (Å²) >= 11 is 0. The summed E-state index contributed by atoms with van der Waals surface area (Å²) < 4.78 is 33.0. The molecule has 0 unspecified atom stereocenters. The Bertz CT molecular complexity index is 692. The molecule has 0 saturated carbocycles. The number of carboxylic acid groups (broad SMARTS) is 1. The molecule has 28 heavy (non-hydrogen) atoms. The summed E-state index contributed by atoms with van der Waals surface area (Å²) in [4.78, 5) is 11.3. The fraction of sp³-hybridized carbons (Fsp3) is 0.650. The normalized spacial score (nSPS) is 19.7. The van der Waals surface area contributed by atoms with Gasteiger partial charge in [0.2, 0.25) is 10.0 Å². The van der Waals surface area contributed by atoms with Gasteiger partial charge in [-0.3, -0.25) is 4.79 Å². The fourth-order valence-corrected chi connectivity index (χ4v) is 5.31. The Morgan fingerprint density at radius 3 is 2.07 bits per heavy atom. The zero-order valence-electron chi connectivity index (χ0n) is 16.8. The molecular formula is C20H32N2O5S. The van der Waals surface area contributed by atoms with Crippen LogP contribution in [-0.2, 0) is 14.8 Å². The molecule has 0 bridgehead atoms. The number of benzene rings is 1. The fourth-order valence-electron chi connectivity index (χ4n) is 3.84. The molecule has 2 saturated heterocycles. The van der Waals surface area contributed by atoms with Crippen LogP contribution in [-0.4, -0.2) is 67.5 Å². The summed E-state index contributed by atoms with van der Waals surface area (Å²) in [6, 6.07) is 7.35. The van der Waals surface area contributed by atoms with Gasteiger partial charge in [0.25, 0.3) is 6.47 Å². The van der Waals surface area contributed by atoms with Crippen LogP contribution in [0.4, 0.5) is 0 Å². The molecule has 0 radical (unpaired) electrons. The Balaban J connectivity index is 0.000000878. The Labute approximate surface area is 168 Å². The van der Waals surface area contributed by atoms with E-state index in [4.69, 9.17) is 14.6 Å². The molecule has 1 aromatic rings. The zero-order chi connectivity index (χ0) is 20.6. The van der Waals surface area contributed by atoms with E-state index in [9.17, 15) is 8.42 Å². The van der Waals surface area contributed by atoms with E-state index < -0.39 is 10.0 Å². The lowest BCUT2D eigenvalue weighted by atomic mass is 10.0. The van der Waals surface area contributed by atoms with E-state index in [0.717, 1.165) is 12.8 Å². The first-order valence-corrected chi connectivity index (χ1v) is 11.4. The Morgan fingerprint density at radius 1 is 1.04 bits per heavy atom. The second-order valence-electron chi connectivity index (χ2n) is 7.48. The molecule has 7 nitrogen and oxygen atoms in total. The van der Waals surface area contributed by atoms with Crippen molar-refractivity contribution in [3.05, 3.63) is 24.3 Å². The number of rotatable bonds is 5. The minimum absolute atomic E-state index is 0.0799. The van der Waals surface area contributed by atoms with E-state index in [2.05, 4.69) is 4.90 Å². The first-order chi connectivity index (χ1) is 13.4. The maximum atomic E-state index is 12.9. The van der Waals surface area contributed by atoms with Gasteiger partial charge >= 0.3 is 0 Å². The number of sulfonamides is 1. The second-order valence-corrected chi connectivity index (χ2v) is 9.41. The van der Waals surface area contributed by atoms with Gasteiger partial charge in [0.15, 0.2) is 0 Å². The lowest BCUT2D eigenvalue weighted by molar-refractivity contribution is -0.122. The van der Waals surface area contributed by atoms with Crippen LogP contribution in [0.5, 0.6) is 5.75 Å². The molecule has 0 aromatic heterocycles. The first-order valence-electron chi connectivity index (χ1n) is 9.97. The lowest BCUT2D eigenvalue weighted by Gasteiger charge is -2.39. The van der Waals surface area contributed by atoms with Crippen molar-refractivity contribution >= 4 is 16.5 Å². The number of nitrogens with zero attached hydrogens (tertiary/aromatic N) is 2. The van der Waals surface area contributed by atoms with Gasteiger partial charge in [-0.15, -0.1) is 0 Å². The highest BCUT2D eigenvalue weighted by Gasteiger charge is 2.32. The van der Waals surface area contributed by atoms with Crippen LogP contribution in [0.3, 0.4) is 0 Å². The molecule has 2 fully saturated rings. The molecule has 3 rings (SSSR count). The van der Waals surface area contributed by atoms with Gasteiger partial charge in [0.1, 0.15) is 5.75 Å². The zero-order valence-corrected chi connectivity index (χ0v) is 17.6. The molecule has 0 spiro atoms. The topological polar surface area (TPSA) is 87.2 Å². The Kier molecular flexibility index (Phi) is 8.72. The van der Waals surface area contributed by atoms with Gasteiger partial charge < -0.3 is 14.7 Å². The van der Waals surface area contributed by atoms with Gasteiger partial charge in [-0.1, -0.05) is 6.42 Å². The third-order valence-corrected chi connectivity index (χ3v) is 7.08. The number of hydrogen-bond donors (Lipinski definition) is 1. The van der Waals surface area contributed by atoms with E-state index in [1.807, 2.05) is 13.8 Å². The van der Waals surface area contributed by atoms with Crippen LogP contribution in [0, 0.1) is 0 Å². The van der Waals surface area contributed by atoms with E-state index in [1.54, 1.807) is 28.6 Å². The molecule has 8 heteroatoms. The van der Waals surface area contributed by atoms with Gasteiger partial charge in [-0.2, -0.15) is 4.31 Å². The van der Waals surface area contributed by atoms with Crippen molar-refractivity contribution < 1.29 is 23.1 Å². The molecule has 1 aromatic carbocycles. The van der Waals surface area contributed by atoms with E-state index in [-0.39, 0.29) is 12.6 Å². The lowest BCUT2D eigenvalue weighted by Crippen LogP contribution is -2.48. The van der Waals surface area contributed by atoms with E-state index in [0.29, 0.717) is 29.8 Å². The molecule has 2 aliphatic rings. The molecule has 0 aliphatic carbocycles. The molecule has 158 valence electrons. The molecule has 0 atom stereocenters. The summed E-state index contributed by atoms with van der Waals surface area (Å²) in [5.74, 6) is 0.706. The number of ether oxygens (including phenoxy) is 1. The summed E-state index contributed by atoms with van der Waals surface area (Å²) in [5, 5.41) is 6.89. The molecule has 2 heterocycles. The van der Waals surface area contributed by atoms with Crippen molar-refractivity contribution in [1.29, 1.82) is 0 Å². The SMILES string of the molecule is CC(C)Oc1ccc(S(=O)(=O)N2CCC(N3CCCCC3)CC2)cc1.O=CO. The van der Waals surface area contributed by atoms with Crippen molar-refractivity contribution in [2.75, 3.05) is 26.2 Å². The van der Waals surface area contributed by atoms with Gasteiger partial charge in [0, 0.05) is 19.1 Å². The van der Waals surface area contributed by atoms with Gasteiger partial charge in [-0.25, -0.2) is 8.42 Å². The van der Waals surface area contributed by atoms with Crippen LogP contribution in [0.25, 0.3) is 0 Å². The first kappa shape index (κ1) is 22.6. The van der Waals surface area contributed by atoms with E-state index >= 15 is 0 Å². The summed E-state index contributed by atoms with van der Waals surface area (Å²) in [6.45, 7) is 7.25. The molecule has 2 aliphatic heterocycles. The Morgan fingerprint density at radius 2 is 1.57 bits per heavy atom. The van der Waals surface area contributed by atoms with Crippen molar-refractivity contribution in [2.24, 2.45) is 0 Å². The molecule has 1 N–H and O–H groups in total. The maximum absolute atomic E-state index is 12.9. The summed E-state index contributed by atoms with van der Waals surface area (Å²) in [7, 11) is -3.40. The third-order valence-electron chi connectivity index (χ3n) is 5.16. The minimum atomic E-state index is -3.40. The Hall–Kier alpha value is -1.64. The maximum Gasteiger partial charge on any atom is 0.290 e. The standard InChI is InChI=1S/C19H30N2O3S.CH2O2/c1-16(2)24-18-6-8-19(9-7-18)25(22,23)21-14-10-17(11-15-21)20-12-4-3-5-13-20;2-1-3/h6-9,16-17H,3-5,10-15H2,1-2H3;1H,(H,2,3). The molecule has 0 amide bonds. The third kappa shape index (κ3) is 6.18. The van der Waals surface area contributed by atoms with Crippen LogP contribution >= 0.6 is 0 Å². The van der Waals surface area contributed by atoms with Crippen molar-refractivity contribution in [1.82, 2.24) is 9.21 Å². The number of likely N-dealkylation sites (tertiary alicyclic amines) is 1. The highest BCUT2D eigenvalue weighted by molar-refractivity contribution is 7.89. The van der Waals surface area contributed by atoms with Crippen molar-refractivity contribution in [3.63, 3.8) is 0 Å². The minimum Gasteiger partial charge on any atom is -0.491 e. The average Bonchev–Trinajstić information content (AvgIpc) is 2.69. The second kappa shape index (κ2) is 10.8. The van der Waals surface area contributed by atoms with Crippen LogP contribution < -0.4 is 4.74 Å². The van der Waals surface area contributed by atoms with Gasteiger partial charge in [-0.05, 0) is 76.9 Å². The monoisotopic (exact) mass is 412 g/mol. The predicted molar refractivity (Wildman–Crippen MR) is 108 cm³/mol. The van der Waals surface area contributed by atoms with Crippen LogP contribution in [0.2, 0.25) is 0 Å². The summed E-state index contributed by atoms with van der Waals surface area (Å²) in [5.41, 5.74) is 0.